The van der Waals surface area contributed by atoms with Gasteiger partial charge in [-0.15, -0.1) is 22.7 Å². The largest absolute Gasteiger partial charge is 0.149 e. The average molecular weight is 258 g/mol. The van der Waals surface area contributed by atoms with Gasteiger partial charge in [0.05, 0.1) is 0 Å². The lowest BCUT2D eigenvalue weighted by atomic mass is 10.2. The molecule has 0 radical (unpaired) electrons. The lowest BCUT2D eigenvalue weighted by Gasteiger charge is -1.93. The number of hydrogen-bond donors (Lipinski definition) is 0. The first-order valence-electron chi connectivity index (χ1n) is 5.45. The monoisotopic (exact) mass is 258 g/mol. The normalized spacial score (nSPS) is 9.47. The second-order valence-corrected chi connectivity index (χ2v) is 5.67. The number of thiophene rings is 2. The van der Waals surface area contributed by atoms with E-state index in [4.69, 9.17) is 0 Å². The summed E-state index contributed by atoms with van der Waals surface area (Å²) >= 11 is 3.55. The molecule has 17 heavy (non-hydrogen) atoms. The maximum Gasteiger partial charge on any atom is 0.0342 e. The lowest BCUT2D eigenvalue weighted by molar-refractivity contribution is 1.64. The van der Waals surface area contributed by atoms with Gasteiger partial charge >= 0.3 is 0 Å². The third-order valence-corrected chi connectivity index (χ3v) is 3.96. The molecular weight excluding hydrogens is 244 g/mol. The van der Waals surface area contributed by atoms with Crippen molar-refractivity contribution in [2.75, 3.05) is 0 Å². The van der Waals surface area contributed by atoms with Gasteiger partial charge in [0, 0.05) is 9.75 Å². The zero-order chi connectivity index (χ0) is 11.9. The minimum atomic E-state index is 1.31. The Kier molecular flexibility index (Phi) is 4.54. The Bertz CT molecular complexity index is 507. The van der Waals surface area contributed by atoms with E-state index in [0.717, 1.165) is 0 Å². The number of benzene rings is 1. The van der Waals surface area contributed by atoms with Gasteiger partial charge in [0.2, 0.25) is 0 Å². The molecule has 0 bridgehead atoms. The van der Waals surface area contributed by atoms with Crippen molar-refractivity contribution in [1.29, 1.82) is 0 Å². The Morgan fingerprint density at radius 2 is 1.41 bits per heavy atom. The Hall–Kier alpha value is -1.38. The maximum atomic E-state index is 2.14. The van der Waals surface area contributed by atoms with E-state index in [9.17, 15) is 0 Å². The molecule has 0 atom stereocenters. The van der Waals surface area contributed by atoms with Gasteiger partial charge in [0.25, 0.3) is 0 Å². The SMILES string of the molecule is Cc1cccs1.c1ccc(-c2cccs2)cc1. The molecule has 0 aliphatic heterocycles. The second kappa shape index (κ2) is 6.38. The Morgan fingerprint density at radius 3 is 1.88 bits per heavy atom. The zero-order valence-corrected chi connectivity index (χ0v) is 11.3. The molecule has 2 heteroatoms. The molecular formula is C15H14S2. The van der Waals surface area contributed by atoms with Gasteiger partial charge in [-0.3, -0.25) is 0 Å². The first kappa shape index (κ1) is 12.1. The standard InChI is InChI=1S/C10H8S.C5H6S/c1-2-5-9(6-3-1)10-7-4-8-11-10;1-5-3-2-4-6-5/h1-8H;2-4H,1H3. The Morgan fingerprint density at radius 1 is 0.706 bits per heavy atom. The van der Waals surface area contributed by atoms with E-state index in [1.165, 1.54) is 15.3 Å². The summed E-state index contributed by atoms with van der Waals surface area (Å²) in [5.74, 6) is 0. The van der Waals surface area contributed by atoms with Crippen molar-refractivity contribution >= 4 is 22.7 Å². The smallest absolute Gasteiger partial charge is 0.0342 e. The minimum Gasteiger partial charge on any atom is -0.149 e. The van der Waals surface area contributed by atoms with Crippen LogP contribution in [0, 0.1) is 6.92 Å². The molecule has 0 saturated heterocycles. The lowest BCUT2D eigenvalue weighted by Crippen LogP contribution is -1.67. The van der Waals surface area contributed by atoms with Crippen LogP contribution in [0.4, 0.5) is 0 Å². The van der Waals surface area contributed by atoms with Crippen LogP contribution in [0.2, 0.25) is 0 Å². The maximum absolute atomic E-state index is 2.14. The van der Waals surface area contributed by atoms with Gasteiger partial charge in [-0.25, -0.2) is 0 Å². The van der Waals surface area contributed by atoms with Crippen LogP contribution in [0.25, 0.3) is 10.4 Å². The second-order valence-electron chi connectivity index (χ2n) is 3.57. The molecule has 2 heterocycles. The molecule has 0 aliphatic carbocycles. The van der Waals surface area contributed by atoms with Crippen LogP contribution in [0.5, 0.6) is 0 Å². The summed E-state index contributed by atoms with van der Waals surface area (Å²) in [6.45, 7) is 2.10. The Balaban J connectivity index is 0.000000153. The van der Waals surface area contributed by atoms with Crippen molar-refractivity contribution < 1.29 is 0 Å². The van der Waals surface area contributed by atoms with Crippen LogP contribution >= 0.6 is 22.7 Å². The predicted molar refractivity (Wildman–Crippen MR) is 78.8 cm³/mol. The van der Waals surface area contributed by atoms with E-state index in [2.05, 4.69) is 66.2 Å². The van der Waals surface area contributed by atoms with E-state index < -0.39 is 0 Å². The summed E-state index contributed by atoms with van der Waals surface area (Å²) < 4.78 is 0. The van der Waals surface area contributed by atoms with E-state index >= 15 is 0 Å². The van der Waals surface area contributed by atoms with Crippen LogP contribution in [0.3, 0.4) is 0 Å². The topological polar surface area (TPSA) is 0 Å². The van der Waals surface area contributed by atoms with Gasteiger partial charge < -0.3 is 0 Å². The van der Waals surface area contributed by atoms with Gasteiger partial charge in [0.1, 0.15) is 0 Å². The summed E-state index contributed by atoms with van der Waals surface area (Å²) in [7, 11) is 0. The molecule has 0 nitrogen and oxygen atoms in total. The number of aryl methyl sites for hydroxylation is 1. The molecule has 3 aromatic rings. The molecule has 2 aromatic heterocycles. The average Bonchev–Trinajstić information content (AvgIpc) is 3.03. The molecule has 0 N–H and O–H groups in total. The summed E-state index contributed by atoms with van der Waals surface area (Å²) in [6, 6.07) is 18.8. The molecule has 0 fully saturated rings. The highest BCUT2D eigenvalue weighted by Gasteiger charge is 1.93. The van der Waals surface area contributed by atoms with Gasteiger partial charge in [0.15, 0.2) is 0 Å². The Labute approximate surface area is 110 Å². The minimum absolute atomic E-state index is 1.31. The van der Waals surface area contributed by atoms with Crippen molar-refractivity contribution in [3.63, 3.8) is 0 Å². The molecule has 86 valence electrons. The quantitative estimate of drug-likeness (QED) is 0.543. The van der Waals surface area contributed by atoms with Gasteiger partial charge in [-0.1, -0.05) is 42.5 Å². The first-order chi connectivity index (χ1) is 8.36. The van der Waals surface area contributed by atoms with Crippen molar-refractivity contribution in [2.45, 2.75) is 6.92 Å². The van der Waals surface area contributed by atoms with Gasteiger partial charge in [-0.2, -0.15) is 0 Å². The molecule has 3 rings (SSSR count). The van der Waals surface area contributed by atoms with E-state index in [1.807, 2.05) is 6.07 Å². The summed E-state index contributed by atoms with van der Waals surface area (Å²) in [5.41, 5.74) is 1.31. The fourth-order valence-electron chi connectivity index (χ4n) is 1.41. The highest BCUT2D eigenvalue weighted by Crippen LogP contribution is 2.23. The number of rotatable bonds is 1. The zero-order valence-electron chi connectivity index (χ0n) is 9.67. The number of hydrogen-bond acceptors (Lipinski definition) is 2. The van der Waals surface area contributed by atoms with E-state index in [0.29, 0.717) is 0 Å². The fourth-order valence-corrected chi connectivity index (χ4v) is 2.67. The van der Waals surface area contributed by atoms with Crippen LogP contribution in [0.15, 0.2) is 65.4 Å². The van der Waals surface area contributed by atoms with Crippen LogP contribution < -0.4 is 0 Å². The predicted octanol–water partition coefficient (Wildman–Crippen LogP) is 5.47. The molecule has 0 spiro atoms. The molecule has 1 aromatic carbocycles. The van der Waals surface area contributed by atoms with Gasteiger partial charge in [-0.05, 0) is 35.4 Å². The van der Waals surface area contributed by atoms with Crippen LogP contribution in [0.1, 0.15) is 4.88 Å². The highest BCUT2D eigenvalue weighted by molar-refractivity contribution is 7.13. The third-order valence-electron chi connectivity index (χ3n) is 2.24. The first-order valence-corrected chi connectivity index (χ1v) is 7.21. The highest BCUT2D eigenvalue weighted by atomic mass is 32.1. The summed E-state index contributed by atoms with van der Waals surface area (Å²) in [6.07, 6.45) is 0. The van der Waals surface area contributed by atoms with Crippen LogP contribution in [-0.4, -0.2) is 0 Å². The fraction of sp³-hybridized carbons (Fsp3) is 0.0667. The molecule has 0 saturated carbocycles. The van der Waals surface area contributed by atoms with Crippen molar-refractivity contribution in [2.24, 2.45) is 0 Å². The third kappa shape index (κ3) is 3.84. The van der Waals surface area contributed by atoms with E-state index in [1.54, 1.807) is 22.7 Å². The molecule has 0 amide bonds. The summed E-state index contributed by atoms with van der Waals surface area (Å²) in [4.78, 5) is 2.72. The van der Waals surface area contributed by atoms with Crippen molar-refractivity contribution in [3.05, 3.63) is 70.2 Å². The van der Waals surface area contributed by atoms with Crippen molar-refractivity contribution in [1.82, 2.24) is 0 Å². The van der Waals surface area contributed by atoms with E-state index in [-0.39, 0.29) is 0 Å². The van der Waals surface area contributed by atoms with Crippen LogP contribution in [-0.2, 0) is 0 Å². The van der Waals surface area contributed by atoms with Crippen molar-refractivity contribution in [3.8, 4) is 10.4 Å². The molecule has 0 aliphatic rings. The summed E-state index contributed by atoms with van der Waals surface area (Å²) in [5, 5.41) is 4.18. The molecule has 0 unspecified atom stereocenters.